The SMILES string of the molecule is CN(C(=O)C1CCCCC1C(F)(F)F)c1ccc(N)cc1. The van der Waals surface area contributed by atoms with Crippen LogP contribution in [0.1, 0.15) is 25.7 Å². The molecule has 2 rings (SSSR count). The highest BCUT2D eigenvalue weighted by atomic mass is 19.4. The monoisotopic (exact) mass is 300 g/mol. The van der Waals surface area contributed by atoms with Gasteiger partial charge in [-0.05, 0) is 37.1 Å². The van der Waals surface area contributed by atoms with Gasteiger partial charge in [0.15, 0.2) is 0 Å². The lowest BCUT2D eigenvalue weighted by molar-refractivity contribution is -0.197. The number of halogens is 3. The Labute approximate surface area is 121 Å². The smallest absolute Gasteiger partial charge is 0.392 e. The van der Waals surface area contributed by atoms with Gasteiger partial charge in [-0.15, -0.1) is 0 Å². The van der Waals surface area contributed by atoms with E-state index in [0.29, 0.717) is 30.6 Å². The van der Waals surface area contributed by atoms with Crippen molar-refractivity contribution < 1.29 is 18.0 Å². The van der Waals surface area contributed by atoms with E-state index in [1.807, 2.05) is 0 Å². The van der Waals surface area contributed by atoms with Crippen molar-refractivity contribution >= 4 is 17.3 Å². The van der Waals surface area contributed by atoms with E-state index in [2.05, 4.69) is 0 Å². The molecule has 0 spiro atoms. The molecule has 3 nitrogen and oxygen atoms in total. The van der Waals surface area contributed by atoms with Gasteiger partial charge in [-0.1, -0.05) is 12.8 Å². The van der Waals surface area contributed by atoms with Crippen LogP contribution in [-0.2, 0) is 4.79 Å². The fourth-order valence-electron chi connectivity index (χ4n) is 2.89. The largest absolute Gasteiger partial charge is 0.399 e. The van der Waals surface area contributed by atoms with Crippen molar-refractivity contribution in [2.75, 3.05) is 17.7 Å². The number of hydrogen-bond donors (Lipinski definition) is 1. The number of nitrogens with zero attached hydrogens (tertiary/aromatic N) is 1. The van der Waals surface area contributed by atoms with Gasteiger partial charge in [-0.3, -0.25) is 4.79 Å². The van der Waals surface area contributed by atoms with Gasteiger partial charge in [0.25, 0.3) is 0 Å². The first-order valence-corrected chi connectivity index (χ1v) is 7.00. The molecule has 2 N–H and O–H groups in total. The maximum atomic E-state index is 13.1. The zero-order chi connectivity index (χ0) is 15.6. The zero-order valence-electron chi connectivity index (χ0n) is 11.9. The summed E-state index contributed by atoms with van der Waals surface area (Å²) in [6, 6.07) is 6.53. The second-order valence-corrected chi connectivity index (χ2v) is 5.53. The Morgan fingerprint density at radius 2 is 1.76 bits per heavy atom. The van der Waals surface area contributed by atoms with Crippen LogP contribution in [0.5, 0.6) is 0 Å². The van der Waals surface area contributed by atoms with E-state index in [1.165, 1.54) is 11.9 Å². The third-order valence-corrected chi connectivity index (χ3v) is 4.11. The summed E-state index contributed by atoms with van der Waals surface area (Å²) in [4.78, 5) is 13.7. The van der Waals surface area contributed by atoms with Crippen LogP contribution in [0.25, 0.3) is 0 Å². The standard InChI is InChI=1S/C15H19F3N2O/c1-20(11-8-6-10(19)7-9-11)14(21)12-4-2-3-5-13(12)15(16,17)18/h6-9,12-13H,2-5,19H2,1H3. The molecular weight excluding hydrogens is 281 g/mol. The van der Waals surface area contributed by atoms with E-state index in [-0.39, 0.29) is 6.42 Å². The number of hydrogen-bond acceptors (Lipinski definition) is 2. The average molecular weight is 300 g/mol. The molecule has 1 fully saturated rings. The van der Waals surface area contributed by atoms with Crippen molar-refractivity contribution in [2.45, 2.75) is 31.9 Å². The summed E-state index contributed by atoms with van der Waals surface area (Å²) < 4.78 is 39.2. The summed E-state index contributed by atoms with van der Waals surface area (Å²) in [6.07, 6.45) is -2.79. The second-order valence-electron chi connectivity index (χ2n) is 5.53. The minimum atomic E-state index is -4.32. The number of rotatable bonds is 2. The molecule has 2 unspecified atom stereocenters. The number of carbonyl (C=O) groups excluding carboxylic acids is 1. The van der Waals surface area contributed by atoms with Crippen LogP contribution in [0.2, 0.25) is 0 Å². The predicted molar refractivity (Wildman–Crippen MR) is 75.8 cm³/mol. The van der Waals surface area contributed by atoms with Crippen LogP contribution >= 0.6 is 0 Å². The van der Waals surface area contributed by atoms with E-state index >= 15 is 0 Å². The Hall–Kier alpha value is -1.72. The third kappa shape index (κ3) is 3.49. The summed E-state index contributed by atoms with van der Waals surface area (Å²) >= 11 is 0. The third-order valence-electron chi connectivity index (χ3n) is 4.11. The molecule has 1 aliphatic carbocycles. The molecule has 21 heavy (non-hydrogen) atoms. The fraction of sp³-hybridized carbons (Fsp3) is 0.533. The first kappa shape index (κ1) is 15.7. The van der Waals surface area contributed by atoms with Gasteiger partial charge >= 0.3 is 6.18 Å². The Kier molecular flexibility index (Phi) is 4.44. The van der Waals surface area contributed by atoms with Crippen LogP contribution in [0.3, 0.4) is 0 Å². The van der Waals surface area contributed by atoms with E-state index in [0.717, 1.165) is 0 Å². The topological polar surface area (TPSA) is 46.3 Å². The molecule has 116 valence electrons. The first-order chi connectivity index (χ1) is 9.80. The molecular formula is C15H19F3N2O. The van der Waals surface area contributed by atoms with Crippen LogP contribution in [0.4, 0.5) is 24.5 Å². The van der Waals surface area contributed by atoms with Gasteiger partial charge in [-0.25, -0.2) is 0 Å². The summed E-state index contributed by atoms with van der Waals surface area (Å²) in [5, 5.41) is 0. The van der Waals surface area contributed by atoms with Crippen molar-refractivity contribution in [2.24, 2.45) is 11.8 Å². The average Bonchev–Trinajstić information content (AvgIpc) is 2.45. The molecule has 2 atom stereocenters. The molecule has 1 aromatic carbocycles. The van der Waals surface area contributed by atoms with Crippen LogP contribution < -0.4 is 10.6 Å². The van der Waals surface area contributed by atoms with Gasteiger partial charge < -0.3 is 10.6 Å². The maximum Gasteiger partial charge on any atom is 0.392 e. The molecule has 1 aliphatic rings. The number of alkyl halides is 3. The summed E-state index contributed by atoms with van der Waals surface area (Å²) in [7, 11) is 1.51. The molecule has 0 aromatic heterocycles. The Balaban J connectivity index is 2.18. The van der Waals surface area contributed by atoms with Gasteiger partial charge in [0.05, 0.1) is 5.92 Å². The summed E-state index contributed by atoms with van der Waals surface area (Å²) in [5.74, 6) is -2.99. The van der Waals surface area contributed by atoms with Gasteiger partial charge in [-0.2, -0.15) is 13.2 Å². The lowest BCUT2D eigenvalue weighted by Gasteiger charge is -2.34. The number of nitrogens with two attached hydrogens (primary N) is 1. The first-order valence-electron chi connectivity index (χ1n) is 7.00. The maximum absolute atomic E-state index is 13.1. The molecule has 1 amide bonds. The molecule has 0 bridgehead atoms. The lowest BCUT2D eigenvalue weighted by atomic mass is 9.78. The van der Waals surface area contributed by atoms with E-state index in [4.69, 9.17) is 5.73 Å². The van der Waals surface area contributed by atoms with E-state index in [1.54, 1.807) is 24.3 Å². The van der Waals surface area contributed by atoms with Crippen molar-refractivity contribution in [3.63, 3.8) is 0 Å². The molecule has 0 saturated heterocycles. The van der Waals surface area contributed by atoms with Crippen LogP contribution in [0, 0.1) is 11.8 Å². The molecule has 0 heterocycles. The molecule has 1 aromatic rings. The van der Waals surface area contributed by atoms with Crippen molar-refractivity contribution in [3.8, 4) is 0 Å². The number of anilines is 2. The van der Waals surface area contributed by atoms with Crippen LogP contribution in [0.15, 0.2) is 24.3 Å². The van der Waals surface area contributed by atoms with E-state index < -0.39 is 23.9 Å². The Bertz CT molecular complexity index is 499. The minimum Gasteiger partial charge on any atom is -0.399 e. The molecule has 1 saturated carbocycles. The molecule has 0 radical (unpaired) electrons. The van der Waals surface area contributed by atoms with Crippen molar-refractivity contribution in [1.82, 2.24) is 0 Å². The van der Waals surface area contributed by atoms with Gasteiger partial charge in [0, 0.05) is 24.3 Å². The van der Waals surface area contributed by atoms with Crippen molar-refractivity contribution in [3.05, 3.63) is 24.3 Å². The predicted octanol–water partition coefficient (Wildman–Crippen LogP) is 3.60. The Morgan fingerprint density at radius 1 is 1.19 bits per heavy atom. The molecule has 0 aliphatic heterocycles. The molecule has 6 heteroatoms. The zero-order valence-corrected chi connectivity index (χ0v) is 11.9. The van der Waals surface area contributed by atoms with Crippen LogP contribution in [-0.4, -0.2) is 19.1 Å². The Morgan fingerprint density at radius 3 is 2.33 bits per heavy atom. The van der Waals surface area contributed by atoms with Gasteiger partial charge in [0.1, 0.15) is 0 Å². The number of carbonyl (C=O) groups is 1. The highest BCUT2D eigenvalue weighted by Gasteiger charge is 2.48. The highest BCUT2D eigenvalue weighted by molar-refractivity contribution is 5.95. The number of benzene rings is 1. The lowest BCUT2D eigenvalue weighted by Crippen LogP contribution is -2.43. The second kappa shape index (κ2) is 5.95. The fourth-order valence-corrected chi connectivity index (χ4v) is 2.89. The normalized spacial score (nSPS) is 22.9. The van der Waals surface area contributed by atoms with Gasteiger partial charge in [0.2, 0.25) is 5.91 Å². The number of nitrogen functional groups attached to an aromatic ring is 1. The quantitative estimate of drug-likeness (QED) is 0.848. The minimum absolute atomic E-state index is 0.0372. The number of amides is 1. The van der Waals surface area contributed by atoms with E-state index in [9.17, 15) is 18.0 Å². The summed E-state index contributed by atoms with van der Waals surface area (Å²) in [6.45, 7) is 0. The van der Waals surface area contributed by atoms with Crippen molar-refractivity contribution in [1.29, 1.82) is 0 Å². The summed E-state index contributed by atoms with van der Waals surface area (Å²) in [5.41, 5.74) is 6.68. The highest BCUT2D eigenvalue weighted by Crippen LogP contribution is 2.42.